The number of nitrogens with zero attached hydrogens (tertiary/aromatic N) is 2. The minimum atomic E-state index is 0. The Morgan fingerprint density at radius 2 is 0.952 bits per heavy atom. The zero-order chi connectivity index (χ0) is 15.7. The van der Waals surface area contributed by atoms with Gasteiger partial charge in [0.15, 0.2) is 5.66 Å². The summed E-state index contributed by atoms with van der Waals surface area (Å²) in [6, 6.07) is 12.0. The van der Waals surface area contributed by atoms with E-state index in [2.05, 4.69) is 31.0 Å². The van der Waals surface area contributed by atoms with E-state index < -0.39 is 0 Å². The third-order valence-corrected chi connectivity index (χ3v) is 2.12. The van der Waals surface area contributed by atoms with Crippen LogP contribution < -0.4 is 0 Å². The molecule has 0 saturated carbocycles. The number of unbranched alkanes of at least 4 members (excludes halogenated alkanes) is 3. The number of rotatable bonds is 3. The summed E-state index contributed by atoms with van der Waals surface area (Å²) in [7, 11) is 0. The van der Waals surface area contributed by atoms with Crippen LogP contribution >= 0.6 is 0 Å². The molecule has 0 saturated heterocycles. The number of hydrogen-bond donors (Lipinski definition) is 0. The molecular formula is C18H33N2Y-. The van der Waals surface area contributed by atoms with Gasteiger partial charge >= 0.3 is 0 Å². The molecular weight excluding hydrogens is 333 g/mol. The molecule has 21 heavy (non-hydrogen) atoms. The number of benzene rings is 1. The first-order valence-electron chi connectivity index (χ1n) is 7.77. The minimum absolute atomic E-state index is 0. The first-order valence-corrected chi connectivity index (χ1v) is 7.77. The predicted molar refractivity (Wildman–Crippen MR) is 90.8 cm³/mol. The SMILES string of the molecule is CC1(C)N=N1.CCCCCC.[CH2-]CC.[Y].c1ccccc1. The van der Waals surface area contributed by atoms with Crippen molar-refractivity contribution in [2.24, 2.45) is 10.2 Å². The molecule has 1 aliphatic heterocycles. The molecule has 0 spiro atoms. The van der Waals surface area contributed by atoms with Crippen molar-refractivity contribution in [1.82, 2.24) is 0 Å². The second-order valence-corrected chi connectivity index (χ2v) is 5.06. The third-order valence-electron chi connectivity index (χ3n) is 2.12. The van der Waals surface area contributed by atoms with E-state index in [0.717, 1.165) is 6.42 Å². The van der Waals surface area contributed by atoms with Gasteiger partial charge in [-0.1, -0.05) is 82.9 Å². The first-order chi connectivity index (χ1) is 9.54. The summed E-state index contributed by atoms with van der Waals surface area (Å²) in [6.45, 7) is 13.9. The average molecular weight is 366 g/mol. The van der Waals surface area contributed by atoms with Gasteiger partial charge in [-0.2, -0.15) is 16.6 Å². The number of hydrogen-bond acceptors (Lipinski definition) is 2. The normalized spacial score (nSPS) is 12.1. The van der Waals surface area contributed by atoms with Gasteiger partial charge < -0.3 is 6.92 Å². The molecule has 3 heteroatoms. The topological polar surface area (TPSA) is 24.7 Å². The molecule has 0 bridgehead atoms. The van der Waals surface area contributed by atoms with Crippen LogP contribution in [0.2, 0.25) is 0 Å². The Hall–Kier alpha value is -0.0761. The zero-order valence-electron chi connectivity index (χ0n) is 14.7. The fourth-order valence-electron chi connectivity index (χ4n) is 0.985. The molecule has 0 aromatic heterocycles. The monoisotopic (exact) mass is 366 g/mol. The Balaban J connectivity index is -0.000000208. The Labute approximate surface area is 158 Å². The standard InChI is InChI=1S/C6H6.C6H14.C3H6N2.C3H7.Y/c1-2-4-6-5-3-1;1-3-5-6-4-2;1-3(2)4-5-3;1-3-2;/h1-6H;3-6H2,1-2H3;1-2H3;1,3H2,2H3;/q;;;-1;. The van der Waals surface area contributed by atoms with Crippen LogP contribution in [0.5, 0.6) is 0 Å². The van der Waals surface area contributed by atoms with Gasteiger partial charge in [-0.05, 0) is 13.8 Å². The van der Waals surface area contributed by atoms with Crippen LogP contribution in [0.4, 0.5) is 0 Å². The molecule has 0 unspecified atom stereocenters. The van der Waals surface area contributed by atoms with Crippen LogP contribution in [0.15, 0.2) is 46.6 Å². The zero-order valence-corrected chi connectivity index (χ0v) is 17.5. The van der Waals surface area contributed by atoms with Gasteiger partial charge in [0.1, 0.15) is 0 Å². The van der Waals surface area contributed by atoms with Crippen molar-refractivity contribution in [3.63, 3.8) is 0 Å². The van der Waals surface area contributed by atoms with Gasteiger partial charge in [-0.3, -0.25) is 0 Å². The van der Waals surface area contributed by atoms with Crippen LogP contribution in [0.1, 0.15) is 66.7 Å². The van der Waals surface area contributed by atoms with E-state index in [-0.39, 0.29) is 38.4 Å². The summed E-state index contributed by atoms with van der Waals surface area (Å²) in [5.41, 5.74) is 0. The second kappa shape index (κ2) is 19.9. The van der Waals surface area contributed by atoms with Crippen LogP contribution in [-0.2, 0) is 32.7 Å². The Morgan fingerprint density at radius 1 is 0.762 bits per heavy atom. The maximum absolute atomic E-state index is 3.66. The van der Waals surface area contributed by atoms with E-state index >= 15 is 0 Å². The van der Waals surface area contributed by atoms with E-state index in [9.17, 15) is 0 Å². The Bertz CT molecular complexity index is 259. The molecule has 0 amide bonds. The van der Waals surface area contributed by atoms with Crippen molar-refractivity contribution in [3.8, 4) is 0 Å². The van der Waals surface area contributed by atoms with Gasteiger partial charge in [0.25, 0.3) is 0 Å². The van der Waals surface area contributed by atoms with Gasteiger partial charge in [0.2, 0.25) is 0 Å². The van der Waals surface area contributed by atoms with E-state index in [1.54, 1.807) is 0 Å². The Morgan fingerprint density at radius 3 is 1.05 bits per heavy atom. The molecule has 119 valence electrons. The van der Waals surface area contributed by atoms with Gasteiger partial charge in [-0.25, -0.2) is 0 Å². The first kappa shape index (κ1) is 25.9. The third kappa shape index (κ3) is 33.0. The molecule has 0 fully saturated rings. The van der Waals surface area contributed by atoms with Crippen LogP contribution in [0.3, 0.4) is 0 Å². The van der Waals surface area contributed by atoms with Crippen molar-refractivity contribution >= 4 is 0 Å². The summed E-state index contributed by atoms with van der Waals surface area (Å²) >= 11 is 0. The fourth-order valence-corrected chi connectivity index (χ4v) is 0.985. The van der Waals surface area contributed by atoms with E-state index in [0.29, 0.717) is 0 Å². The molecule has 2 nitrogen and oxygen atoms in total. The van der Waals surface area contributed by atoms with Crippen molar-refractivity contribution in [1.29, 1.82) is 0 Å². The molecule has 1 aromatic rings. The van der Waals surface area contributed by atoms with Gasteiger partial charge in [0.05, 0.1) is 0 Å². The van der Waals surface area contributed by atoms with Crippen LogP contribution in [0, 0.1) is 6.92 Å². The van der Waals surface area contributed by atoms with E-state index in [4.69, 9.17) is 0 Å². The summed E-state index contributed by atoms with van der Waals surface area (Å²) in [5, 5.41) is 7.32. The van der Waals surface area contributed by atoms with Crippen molar-refractivity contribution in [2.45, 2.75) is 72.4 Å². The minimum Gasteiger partial charge on any atom is -0.344 e. The van der Waals surface area contributed by atoms with Gasteiger partial charge in [0, 0.05) is 32.7 Å². The summed E-state index contributed by atoms with van der Waals surface area (Å²) in [6.07, 6.45) is 6.54. The molecule has 2 rings (SSSR count). The maximum Gasteiger partial charge on any atom is 0.185 e. The molecule has 0 atom stereocenters. The molecule has 0 N–H and O–H groups in total. The molecule has 1 heterocycles. The average Bonchev–Trinajstić information content (AvgIpc) is 3.16. The van der Waals surface area contributed by atoms with Crippen LogP contribution in [0.25, 0.3) is 0 Å². The summed E-state index contributed by atoms with van der Waals surface area (Å²) < 4.78 is 0. The van der Waals surface area contributed by atoms with E-state index in [1.165, 1.54) is 25.7 Å². The van der Waals surface area contributed by atoms with Crippen molar-refractivity contribution in [2.75, 3.05) is 0 Å². The van der Waals surface area contributed by atoms with Crippen molar-refractivity contribution < 1.29 is 32.7 Å². The van der Waals surface area contributed by atoms with Crippen molar-refractivity contribution in [3.05, 3.63) is 43.3 Å². The second-order valence-electron chi connectivity index (χ2n) is 5.06. The largest absolute Gasteiger partial charge is 0.344 e. The molecule has 0 aliphatic carbocycles. The molecule has 1 aliphatic rings. The van der Waals surface area contributed by atoms with Crippen LogP contribution in [-0.4, -0.2) is 5.66 Å². The predicted octanol–water partition coefficient (Wildman–Crippen LogP) is 6.69. The fraction of sp³-hybridized carbons (Fsp3) is 0.611. The van der Waals surface area contributed by atoms with E-state index in [1.807, 2.05) is 57.2 Å². The Kier molecular flexibility index (Phi) is 24.5. The molecule has 1 aromatic carbocycles. The molecule has 1 radical (unpaired) electrons. The van der Waals surface area contributed by atoms with Gasteiger partial charge in [-0.15, -0.1) is 0 Å². The summed E-state index contributed by atoms with van der Waals surface area (Å²) in [4.78, 5) is 0. The summed E-state index contributed by atoms with van der Waals surface area (Å²) in [5.74, 6) is 0. The quantitative estimate of drug-likeness (QED) is 0.421. The smallest absolute Gasteiger partial charge is 0.185 e. The maximum atomic E-state index is 3.66.